The molecule has 0 N–H and O–H groups in total. The molecular weight excluding hydrogens is 1180 g/mol. The van der Waals surface area contributed by atoms with Crippen molar-refractivity contribution < 1.29 is 56.5 Å². The number of esters is 2. The Morgan fingerprint density at radius 3 is 1.58 bits per heavy atom. The molecule has 20 nitrogen and oxygen atoms in total. The van der Waals surface area contributed by atoms with Crippen molar-refractivity contribution in [2.75, 3.05) is 68.8 Å². The van der Waals surface area contributed by atoms with Crippen molar-refractivity contribution >= 4 is 47.3 Å². The van der Waals surface area contributed by atoms with Crippen molar-refractivity contribution in [1.29, 1.82) is 0 Å². The number of aryl methyl sites for hydroxylation is 2. The lowest BCUT2D eigenvalue weighted by molar-refractivity contribution is -0.200. The molecular formula is C70H78F2N10O10. The Bertz CT molecular complexity index is 3970. The minimum absolute atomic E-state index is 0.0343. The molecule has 4 saturated heterocycles. The van der Waals surface area contributed by atoms with E-state index in [0.717, 1.165) is 67.3 Å². The monoisotopic (exact) mass is 1260 g/mol. The fraction of sp³-hybridized carbons (Fsp3) is 0.486. The fourth-order valence-corrected chi connectivity index (χ4v) is 15.2. The van der Waals surface area contributed by atoms with Gasteiger partial charge in [0.15, 0.2) is 6.04 Å². The zero-order chi connectivity index (χ0) is 64.4. The highest BCUT2D eigenvalue weighted by atomic mass is 19.1. The lowest BCUT2D eigenvalue weighted by Gasteiger charge is -2.55. The first-order chi connectivity index (χ1) is 43.9. The van der Waals surface area contributed by atoms with E-state index in [0.29, 0.717) is 105 Å². The lowest BCUT2D eigenvalue weighted by atomic mass is 9.72. The van der Waals surface area contributed by atoms with Crippen LogP contribution in [0.2, 0.25) is 0 Å². The van der Waals surface area contributed by atoms with E-state index in [-0.39, 0.29) is 58.0 Å². The number of ether oxygens (including phenoxy) is 4. The normalized spacial score (nSPS) is 19.7. The second-order valence-electron chi connectivity index (χ2n) is 28.4. The Balaban J connectivity index is 0.649. The smallest absolute Gasteiger partial charge is 0.412 e. The number of amides is 4. The summed E-state index contributed by atoms with van der Waals surface area (Å²) in [4.78, 5) is 106. The van der Waals surface area contributed by atoms with Crippen LogP contribution in [0.1, 0.15) is 148 Å². The number of likely N-dealkylation sites (tertiary alicyclic amines) is 2. The van der Waals surface area contributed by atoms with Crippen molar-refractivity contribution in [3.8, 4) is 22.3 Å². The zero-order valence-corrected chi connectivity index (χ0v) is 53.3. The first kappa shape index (κ1) is 60.7. The van der Waals surface area contributed by atoms with Crippen molar-refractivity contribution in [1.82, 2.24) is 38.7 Å². The van der Waals surface area contributed by atoms with Crippen molar-refractivity contribution in [3.63, 3.8) is 0 Å². The SMILES string of the molecule is CCOC(=O)C(c1ncn2c1CCC2)N1Cc2c(F)cc(-c3ccc(N4CC5(CCN(C(=O)OC(C(=O)OC(C)(C)C)(c6ncn7c6CCC7)N6Cc7c(F)cc(-c8ccc(N9CC%10(CCN(C(=O)OC(C)(C)C)CC%10)C9)cc8)cc7C6=O)CC5)C4)cc3)cc2C1=O. The summed E-state index contributed by atoms with van der Waals surface area (Å²) in [6.45, 7) is 18.4. The maximum Gasteiger partial charge on any atom is 0.412 e. The molecule has 2 aromatic heterocycles. The first-order valence-corrected chi connectivity index (χ1v) is 32.3. The number of rotatable bonds is 12. The molecule has 14 rings (SSSR count). The summed E-state index contributed by atoms with van der Waals surface area (Å²) in [6, 6.07) is 20.6. The summed E-state index contributed by atoms with van der Waals surface area (Å²) in [7, 11) is 0. The van der Waals surface area contributed by atoms with E-state index in [1.165, 1.54) is 17.0 Å². The summed E-state index contributed by atoms with van der Waals surface area (Å²) >= 11 is 0. The summed E-state index contributed by atoms with van der Waals surface area (Å²) < 4.78 is 60.6. The second kappa shape index (κ2) is 22.5. The maximum atomic E-state index is 16.8. The van der Waals surface area contributed by atoms with Crippen LogP contribution in [-0.2, 0) is 73.3 Å². The Labute approximate surface area is 533 Å². The number of hydrogen-bond acceptors (Lipinski definition) is 14. The Morgan fingerprint density at radius 1 is 0.576 bits per heavy atom. The van der Waals surface area contributed by atoms with E-state index < -0.39 is 71.0 Å². The fourth-order valence-electron chi connectivity index (χ4n) is 15.2. The second-order valence-corrected chi connectivity index (χ2v) is 28.4. The molecule has 2 atom stereocenters. The van der Waals surface area contributed by atoms with E-state index in [1.54, 1.807) is 62.3 Å². The zero-order valence-electron chi connectivity index (χ0n) is 53.3. The maximum absolute atomic E-state index is 16.8. The molecule has 22 heteroatoms. The van der Waals surface area contributed by atoms with Gasteiger partial charge in [0, 0.05) is 121 Å². The molecule has 2 spiro atoms. The molecule has 2 unspecified atom stereocenters. The molecule has 0 aliphatic carbocycles. The third-order valence-electron chi connectivity index (χ3n) is 20.0. The highest BCUT2D eigenvalue weighted by Crippen LogP contribution is 2.48. The number of hydrogen-bond donors (Lipinski definition) is 0. The Hall–Kier alpha value is -8.82. The van der Waals surface area contributed by atoms with Crippen LogP contribution in [0.4, 0.5) is 29.7 Å². The number of aromatic nitrogens is 4. The van der Waals surface area contributed by atoms with Gasteiger partial charge in [0.1, 0.15) is 28.5 Å². The average Bonchev–Trinajstić information content (AvgIpc) is 1.50. The molecule has 8 aliphatic rings. The molecule has 8 aliphatic heterocycles. The number of halogens is 2. The van der Waals surface area contributed by atoms with Gasteiger partial charge < -0.3 is 52.6 Å². The molecule has 4 aromatic carbocycles. The standard InChI is InChI=1S/C70H78F2N10O10/c1-8-89-62(85)58(57-55-11-9-25-77(55)41-73-57)81-35-51-49(60(81)83)31-45(33-53(51)71)43-13-17-47(18-14-43)80-39-69(40-80)23-29-76(30-24-69)65(88)92-70(63(86)90-66(2,3)4,59-56-12-10-26-78(56)42-74-59)82-36-52-50(61(82)84)32-46(34-54(52)72)44-15-19-48(20-16-44)79-37-68(38-79)21-27-75(28-22-68)64(87)91-67(5,6)7/h13-20,31-34,41-42,58H,8-12,21-30,35-40H2,1-7H3. The summed E-state index contributed by atoms with van der Waals surface area (Å²) in [6.07, 6.45) is 7.98. The molecule has 6 aromatic rings. The predicted octanol–water partition coefficient (Wildman–Crippen LogP) is 10.6. The number of anilines is 2. The molecule has 10 heterocycles. The molecule has 0 radical (unpaired) electrons. The van der Waals surface area contributed by atoms with E-state index in [9.17, 15) is 19.2 Å². The summed E-state index contributed by atoms with van der Waals surface area (Å²) in [5.74, 6) is -3.98. The van der Waals surface area contributed by atoms with E-state index in [1.807, 2.05) is 78.4 Å². The third kappa shape index (κ3) is 10.7. The van der Waals surface area contributed by atoms with Crippen LogP contribution < -0.4 is 9.80 Å². The number of imidazole rings is 2. The molecule has 4 amide bonds. The molecule has 92 heavy (non-hydrogen) atoms. The van der Waals surface area contributed by atoms with Crippen LogP contribution in [0.15, 0.2) is 85.5 Å². The number of piperidine rings is 2. The number of carbonyl (C=O) groups is 6. The van der Waals surface area contributed by atoms with Crippen LogP contribution >= 0.6 is 0 Å². The average molecular weight is 1260 g/mol. The van der Waals surface area contributed by atoms with E-state index in [4.69, 9.17) is 23.9 Å². The molecule has 0 saturated carbocycles. The van der Waals surface area contributed by atoms with Crippen LogP contribution in [0.25, 0.3) is 22.3 Å². The molecule has 0 bridgehead atoms. The highest BCUT2D eigenvalue weighted by Gasteiger charge is 2.61. The lowest BCUT2D eigenvalue weighted by Crippen LogP contribution is -2.62. The van der Waals surface area contributed by atoms with Crippen LogP contribution in [0.5, 0.6) is 0 Å². The largest absolute Gasteiger partial charge is 0.464 e. The van der Waals surface area contributed by atoms with Gasteiger partial charge in [0.05, 0.1) is 38.0 Å². The first-order valence-electron chi connectivity index (χ1n) is 32.3. The van der Waals surface area contributed by atoms with E-state index >= 15 is 18.4 Å². The Morgan fingerprint density at radius 2 is 1.05 bits per heavy atom. The highest BCUT2D eigenvalue weighted by molar-refractivity contribution is 6.04. The summed E-state index contributed by atoms with van der Waals surface area (Å²) in [5, 5.41) is 0. The van der Waals surface area contributed by atoms with Gasteiger partial charge in [0.2, 0.25) is 0 Å². The van der Waals surface area contributed by atoms with Gasteiger partial charge >= 0.3 is 29.9 Å². The van der Waals surface area contributed by atoms with Crippen LogP contribution in [0, 0.1) is 22.5 Å². The minimum atomic E-state index is -2.54. The third-order valence-corrected chi connectivity index (χ3v) is 20.0. The molecule has 482 valence electrons. The van der Waals surface area contributed by atoms with E-state index in [2.05, 4.69) is 14.8 Å². The van der Waals surface area contributed by atoms with Crippen molar-refractivity contribution in [2.45, 2.75) is 149 Å². The van der Waals surface area contributed by atoms with Gasteiger partial charge in [-0.15, -0.1) is 0 Å². The molecule has 4 fully saturated rings. The van der Waals surface area contributed by atoms with Crippen LogP contribution in [-0.4, -0.2) is 145 Å². The van der Waals surface area contributed by atoms with Crippen molar-refractivity contribution in [2.24, 2.45) is 10.8 Å². The van der Waals surface area contributed by atoms with Gasteiger partial charge in [-0.3, -0.25) is 14.5 Å². The predicted molar refractivity (Wildman–Crippen MR) is 335 cm³/mol. The topological polar surface area (TPSA) is 194 Å². The number of fused-ring (bicyclic) bond motifs is 4. The summed E-state index contributed by atoms with van der Waals surface area (Å²) in [5.41, 5.74) is 2.65. The van der Waals surface area contributed by atoms with Gasteiger partial charge in [-0.25, -0.2) is 37.9 Å². The number of carbonyl (C=O) groups excluding carboxylic acids is 6. The Kier molecular flexibility index (Phi) is 14.8. The number of benzene rings is 4. The van der Waals surface area contributed by atoms with Gasteiger partial charge in [-0.1, -0.05) is 24.3 Å². The van der Waals surface area contributed by atoms with Gasteiger partial charge in [-0.05, 0) is 171 Å². The van der Waals surface area contributed by atoms with Crippen molar-refractivity contribution in [3.05, 3.63) is 142 Å². The van der Waals surface area contributed by atoms with Gasteiger partial charge in [0.25, 0.3) is 11.8 Å². The minimum Gasteiger partial charge on any atom is -0.464 e. The number of nitrogens with zero attached hydrogens (tertiary/aromatic N) is 10. The van der Waals surface area contributed by atoms with Crippen LogP contribution in [0.3, 0.4) is 0 Å². The van der Waals surface area contributed by atoms with Gasteiger partial charge in [-0.2, -0.15) is 0 Å². The quantitative estimate of drug-likeness (QED) is 0.0829.